The van der Waals surface area contributed by atoms with Crippen LogP contribution >= 0.6 is 15.9 Å². The van der Waals surface area contributed by atoms with Gasteiger partial charge in [0.05, 0.1) is 18.2 Å². The molecule has 0 aliphatic rings. The molecule has 0 heterocycles. The van der Waals surface area contributed by atoms with E-state index in [0.29, 0.717) is 0 Å². The summed E-state index contributed by atoms with van der Waals surface area (Å²) in [5.74, 6) is -0.890. The Kier molecular flexibility index (Phi) is 3.96. The van der Waals surface area contributed by atoms with Crippen LogP contribution in [0, 0.1) is 11.3 Å². The second-order valence-electron chi connectivity index (χ2n) is 2.82. The minimum atomic E-state index is -2.81. The zero-order chi connectivity index (χ0) is 12.3. The molecule has 0 spiro atoms. The van der Waals surface area contributed by atoms with E-state index in [0.717, 1.165) is 19.2 Å². The van der Waals surface area contributed by atoms with Crippen molar-refractivity contribution in [3.8, 4) is 6.07 Å². The number of alkyl halides is 2. The molecular formula is C10H6BrF2NO2. The number of benzene rings is 1. The fourth-order valence-electron chi connectivity index (χ4n) is 1.14. The first-order valence-corrected chi connectivity index (χ1v) is 4.90. The second kappa shape index (κ2) is 5.03. The third kappa shape index (κ3) is 2.36. The lowest BCUT2D eigenvalue weighted by Gasteiger charge is -2.08. The Bertz CT molecular complexity index is 469. The Hall–Kier alpha value is -1.48. The van der Waals surface area contributed by atoms with Crippen LogP contribution in [0.3, 0.4) is 0 Å². The Morgan fingerprint density at radius 1 is 1.56 bits per heavy atom. The Morgan fingerprint density at radius 3 is 2.62 bits per heavy atom. The predicted molar refractivity (Wildman–Crippen MR) is 55.2 cm³/mol. The molecule has 0 bridgehead atoms. The molecule has 1 aromatic rings. The number of methoxy groups -OCH3 is 1. The number of hydrogen-bond acceptors (Lipinski definition) is 3. The van der Waals surface area contributed by atoms with Gasteiger partial charge in [-0.05, 0) is 28.1 Å². The average molecular weight is 290 g/mol. The number of carbonyl (C=O) groups is 1. The highest BCUT2D eigenvalue weighted by Gasteiger charge is 2.21. The number of esters is 1. The summed E-state index contributed by atoms with van der Waals surface area (Å²) in [6, 6.07) is 3.91. The molecule has 16 heavy (non-hydrogen) atoms. The molecular weight excluding hydrogens is 284 g/mol. The minimum Gasteiger partial charge on any atom is -0.465 e. The van der Waals surface area contributed by atoms with Crippen LogP contribution in [0.15, 0.2) is 16.6 Å². The van der Waals surface area contributed by atoms with Gasteiger partial charge in [0.1, 0.15) is 6.07 Å². The zero-order valence-electron chi connectivity index (χ0n) is 8.13. The Balaban J connectivity index is 3.44. The Labute approximate surface area is 98.8 Å². The maximum Gasteiger partial charge on any atom is 0.338 e. The fourth-order valence-corrected chi connectivity index (χ4v) is 1.59. The van der Waals surface area contributed by atoms with E-state index in [4.69, 9.17) is 5.26 Å². The number of nitriles is 1. The first-order valence-electron chi connectivity index (χ1n) is 4.11. The van der Waals surface area contributed by atoms with E-state index < -0.39 is 18.0 Å². The highest BCUT2D eigenvalue weighted by Crippen LogP contribution is 2.29. The van der Waals surface area contributed by atoms with Gasteiger partial charge >= 0.3 is 5.97 Å². The van der Waals surface area contributed by atoms with Crippen LogP contribution in [0.1, 0.15) is 27.9 Å². The lowest BCUT2D eigenvalue weighted by atomic mass is 10.0. The molecule has 0 atom stereocenters. The van der Waals surface area contributed by atoms with Crippen LogP contribution in [0.25, 0.3) is 0 Å². The lowest BCUT2D eigenvalue weighted by Crippen LogP contribution is -2.07. The molecule has 0 N–H and O–H groups in total. The predicted octanol–water partition coefficient (Wildman–Crippen LogP) is 3.04. The first kappa shape index (κ1) is 12.6. The third-order valence-electron chi connectivity index (χ3n) is 1.90. The van der Waals surface area contributed by atoms with E-state index >= 15 is 0 Å². The molecule has 1 aromatic carbocycles. The quantitative estimate of drug-likeness (QED) is 0.786. The standard InChI is InChI=1S/C10H6BrF2NO2/c1-16-10(15)7-2-5(4-14)8(11)3-6(7)9(12)13/h2-3,9H,1H3. The minimum absolute atomic E-state index is 0.102. The molecule has 0 amide bonds. The smallest absolute Gasteiger partial charge is 0.338 e. The van der Waals surface area contributed by atoms with Crippen LogP contribution in [-0.4, -0.2) is 13.1 Å². The van der Waals surface area contributed by atoms with E-state index in [1.807, 2.05) is 0 Å². The van der Waals surface area contributed by atoms with Gasteiger partial charge in [-0.25, -0.2) is 13.6 Å². The monoisotopic (exact) mass is 289 g/mol. The summed E-state index contributed by atoms with van der Waals surface area (Å²) in [5.41, 5.74) is -0.653. The lowest BCUT2D eigenvalue weighted by molar-refractivity contribution is 0.0589. The van der Waals surface area contributed by atoms with Crippen molar-refractivity contribution in [3.63, 3.8) is 0 Å². The van der Waals surface area contributed by atoms with Crippen LogP contribution < -0.4 is 0 Å². The molecule has 0 aliphatic carbocycles. The van der Waals surface area contributed by atoms with Gasteiger partial charge in [-0.3, -0.25) is 0 Å². The van der Waals surface area contributed by atoms with E-state index in [1.54, 1.807) is 6.07 Å². The largest absolute Gasteiger partial charge is 0.465 e. The summed E-state index contributed by atoms with van der Waals surface area (Å²) in [6.07, 6.45) is -2.81. The van der Waals surface area contributed by atoms with Gasteiger partial charge in [-0.15, -0.1) is 0 Å². The topological polar surface area (TPSA) is 50.1 Å². The summed E-state index contributed by atoms with van der Waals surface area (Å²) in [4.78, 5) is 11.2. The van der Waals surface area contributed by atoms with Gasteiger partial charge < -0.3 is 4.74 Å². The highest BCUT2D eigenvalue weighted by atomic mass is 79.9. The van der Waals surface area contributed by atoms with Crippen LogP contribution in [0.4, 0.5) is 8.78 Å². The number of hydrogen-bond donors (Lipinski definition) is 0. The zero-order valence-corrected chi connectivity index (χ0v) is 9.72. The van der Waals surface area contributed by atoms with Crippen molar-refractivity contribution in [2.75, 3.05) is 7.11 Å². The molecule has 0 radical (unpaired) electrons. The summed E-state index contributed by atoms with van der Waals surface area (Å²) in [7, 11) is 1.09. The molecule has 0 aliphatic heterocycles. The summed E-state index contributed by atoms with van der Waals surface area (Å²) >= 11 is 2.97. The molecule has 0 saturated carbocycles. The van der Waals surface area contributed by atoms with Gasteiger partial charge in [0.25, 0.3) is 6.43 Å². The number of halogens is 3. The van der Waals surface area contributed by atoms with Gasteiger partial charge in [0.15, 0.2) is 0 Å². The van der Waals surface area contributed by atoms with E-state index in [9.17, 15) is 13.6 Å². The summed E-state index contributed by atoms with van der Waals surface area (Å²) < 4.78 is 29.8. The van der Waals surface area contributed by atoms with Crippen molar-refractivity contribution < 1.29 is 18.3 Å². The highest BCUT2D eigenvalue weighted by molar-refractivity contribution is 9.10. The van der Waals surface area contributed by atoms with Crippen molar-refractivity contribution in [1.29, 1.82) is 5.26 Å². The maximum atomic E-state index is 12.6. The fraction of sp³-hybridized carbons (Fsp3) is 0.200. The van der Waals surface area contributed by atoms with Crippen molar-refractivity contribution in [2.24, 2.45) is 0 Å². The first-order chi connectivity index (χ1) is 7.51. The van der Waals surface area contributed by atoms with Crippen molar-refractivity contribution >= 4 is 21.9 Å². The SMILES string of the molecule is COC(=O)c1cc(C#N)c(Br)cc1C(F)F. The molecule has 1 rings (SSSR count). The van der Waals surface area contributed by atoms with Gasteiger partial charge in [-0.2, -0.15) is 5.26 Å². The van der Waals surface area contributed by atoms with Crippen LogP contribution in [-0.2, 0) is 4.74 Å². The number of ether oxygens (including phenoxy) is 1. The van der Waals surface area contributed by atoms with Crippen molar-refractivity contribution in [2.45, 2.75) is 6.43 Å². The van der Waals surface area contributed by atoms with E-state index in [1.165, 1.54) is 0 Å². The Morgan fingerprint density at radius 2 is 2.19 bits per heavy atom. The van der Waals surface area contributed by atoms with E-state index in [-0.39, 0.29) is 15.6 Å². The third-order valence-corrected chi connectivity index (χ3v) is 2.56. The molecule has 6 heteroatoms. The number of nitrogens with zero attached hydrogens (tertiary/aromatic N) is 1. The normalized spacial score (nSPS) is 10.0. The molecule has 3 nitrogen and oxygen atoms in total. The molecule has 0 saturated heterocycles. The van der Waals surface area contributed by atoms with Gasteiger partial charge in [0, 0.05) is 10.0 Å². The van der Waals surface area contributed by atoms with Crippen LogP contribution in [0.2, 0.25) is 0 Å². The van der Waals surface area contributed by atoms with Gasteiger partial charge in [0.2, 0.25) is 0 Å². The molecule has 0 fully saturated rings. The summed E-state index contributed by atoms with van der Waals surface area (Å²) in [5, 5.41) is 8.71. The average Bonchev–Trinajstić information content (AvgIpc) is 2.27. The number of carbonyl (C=O) groups excluding carboxylic acids is 1. The van der Waals surface area contributed by atoms with Gasteiger partial charge in [-0.1, -0.05) is 0 Å². The van der Waals surface area contributed by atoms with Crippen molar-refractivity contribution in [1.82, 2.24) is 0 Å². The van der Waals surface area contributed by atoms with Crippen LogP contribution in [0.5, 0.6) is 0 Å². The summed E-state index contributed by atoms with van der Waals surface area (Å²) in [6.45, 7) is 0. The number of rotatable bonds is 2. The molecule has 0 unspecified atom stereocenters. The maximum absolute atomic E-state index is 12.6. The second-order valence-corrected chi connectivity index (χ2v) is 3.68. The molecule has 0 aromatic heterocycles. The van der Waals surface area contributed by atoms with E-state index in [2.05, 4.69) is 20.7 Å². The van der Waals surface area contributed by atoms with Crippen molar-refractivity contribution in [3.05, 3.63) is 33.3 Å². The molecule has 84 valence electrons.